The lowest BCUT2D eigenvalue weighted by atomic mass is 9.87. The van der Waals surface area contributed by atoms with Gasteiger partial charge in [-0.05, 0) is 24.0 Å². The predicted molar refractivity (Wildman–Crippen MR) is 115 cm³/mol. The van der Waals surface area contributed by atoms with Crippen LogP contribution in [0, 0.1) is 5.92 Å². The van der Waals surface area contributed by atoms with Crippen LogP contribution in [0.1, 0.15) is 49.7 Å². The first kappa shape index (κ1) is 19.4. The molecule has 1 aliphatic heterocycles. The Bertz CT molecular complexity index is 901. The number of hydrogen-bond donors (Lipinski definition) is 1. The number of carbonyl (C=O) groups is 2. The standard InChI is InChI=1S/C24H27N3O2/c28-22(17-19-11-5-2-6-12-19)25-26-23-20-13-7-8-14-21(20)27(24(23)29)16-15-18-9-3-1-4-10-18/h2,5-8,11-14,18H,1,3-4,9-10,15-17H2,(H,25,28)/b26-23+. The fourth-order valence-electron chi connectivity index (χ4n) is 4.32. The first-order valence-corrected chi connectivity index (χ1v) is 10.5. The molecule has 1 fully saturated rings. The lowest BCUT2D eigenvalue weighted by Gasteiger charge is -2.24. The highest BCUT2D eigenvalue weighted by atomic mass is 16.2. The van der Waals surface area contributed by atoms with Crippen LogP contribution in [0.3, 0.4) is 0 Å². The molecule has 0 unspecified atom stereocenters. The van der Waals surface area contributed by atoms with E-state index in [-0.39, 0.29) is 18.2 Å². The summed E-state index contributed by atoms with van der Waals surface area (Å²) in [6, 6.07) is 17.2. The quantitative estimate of drug-likeness (QED) is 0.757. The molecule has 1 heterocycles. The fourth-order valence-corrected chi connectivity index (χ4v) is 4.32. The Morgan fingerprint density at radius 3 is 2.52 bits per heavy atom. The van der Waals surface area contributed by atoms with Gasteiger partial charge in [-0.25, -0.2) is 5.43 Å². The van der Waals surface area contributed by atoms with Gasteiger partial charge in [0.05, 0.1) is 12.1 Å². The predicted octanol–water partition coefficient (Wildman–Crippen LogP) is 4.07. The van der Waals surface area contributed by atoms with Crippen LogP contribution in [0.2, 0.25) is 0 Å². The minimum atomic E-state index is -0.227. The summed E-state index contributed by atoms with van der Waals surface area (Å²) in [5.74, 6) is 0.354. The summed E-state index contributed by atoms with van der Waals surface area (Å²) >= 11 is 0. The lowest BCUT2D eigenvalue weighted by molar-refractivity contribution is -0.120. The Morgan fingerprint density at radius 1 is 1.00 bits per heavy atom. The van der Waals surface area contributed by atoms with Crippen LogP contribution < -0.4 is 10.3 Å². The van der Waals surface area contributed by atoms with Crippen LogP contribution in [0.15, 0.2) is 59.7 Å². The number of hydrogen-bond acceptors (Lipinski definition) is 3. The van der Waals surface area contributed by atoms with Gasteiger partial charge in [-0.3, -0.25) is 9.59 Å². The Kier molecular flexibility index (Phi) is 6.03. The van der Waals surface area contributed by atoms with E-state index < -0.39 is 0 Å². The minimum absolute atomic E-state index is 0.123. The van der Waals surface area contributed by atoms with Crippen LogP contribution >= 0.6 is 0 Å². The van der Waals surface area contributed by atoms with Gasteiger partial charge in [-0.1, -0.05) is 80.6 Å². The summed E-state index contributed by atoms with van der Waals surface area (Å²) in [7, 11) is 0. The molecule has 2 aromatic rings. The number of carbonyl (C=O) groups excluding carboxylic acids is 2. The maximum Gasteiger partial charge on any atom is 0.279 e. The van der Waals surface area contributed by atoms with Crippen molar-refractivity contribution in [3.8, 4) is 0 Å². The smallest absolute Gasteiger partial charge is 0.279 e. The highest BCUT2D eigenvalue weighted by Gasteiger charge is 2.34. The van der Waals surface area contributed by atoms with Crippen LogP contribution in [0.5, 0.6) is 0 Å². The second-order valence-electron chi connectivity index (χ2n) is 7.92. The number of nitrogens with zero attached hydrogens (tertiary/aromatic N) is 2. The van der Waals surface area contributed by atoms with Crippen LogP contribution in [0.25, 0.3) is 0 Å². The van der Waals surface area contributed by atoms with Crippen molar-refractivity contribution in [2.45, 2.75) is 44.9 Å². The molecule has 2 aromatic carbocycles. The number of rotatable bonds is 6. The van der Waals surface area contributed by atoms with Gasteiger partial charge >= 0.3 is 0 Å². The van der Waals surface area contributed by atoms with Gasteiger partial charge in [-0.15, -0.1) is 0 Å². The van der Waals surface area contributed by atoms with Gasteiger partial charge in [0, 0.05) is 12.1 Å². The average molecular weight is 389 g/mol. The highest BCUT2D eigenvalue weighted by molar-refractivity contribution is 6.54. The SMILES string of the molecule is O=C(Cc1ccccc1)N/N=C1/C(=O)N(CCC2CCCCC2)c2ccccc21. The van der Waals surface area contributed by atoms with Crippen molar-refractivity contribution in [3.63, 3.8) is 0 Å². The van der Waals surface area contributed by atoms with E-state index in [0.29, 0.717) is 18.2 Å². The fraction of sp³-hybridized carbons (Fsp3) is 0.375. The summed E-state index contributed by atoms with van der Waals surface area (Å²) in [6.07, 6.45) is 7.72. The number of para-hydroxylation sites is 1. The Balaban J connectivity index is 1.45. The molecule has 4 rings (SSSR count). The van der Waals surface area contributed by atoms with E-state index in [9.17, 15) is 9.59 Å². The van der Waals surface area contributed by atoms with Crippen LogP contribution in [0.4, 0.5) is 5.69 Å². The zero-order chi connectivity index (χ0) is 20.1. The van der Waals surface area contributed by atoms with E-state index in [4.69, 9.17) is 0 Å². The molecule has 5 heteroatoms. The normalized spacial score (nSPS) is 18.1. The number of nitrogens with one attached hydrogen (secondary N) is 1. The molecule has 1 N–H and O–H groups in total. The molecule has 2 aliphatic rings. The average Bonchev–Trinajstić information content (AvgIpc) is 3.03. The first-order valence-electron chi connectivity index (χ1n) is 10.5. The van der Waals surface area contributed by atoms with E-state index in [0.717, 1.165) is 23.2 Å². The molecule has 150 valence electrons. The van der Waals surface area contributed by atoms with Gasteiger partial charge in [0.1, 0.15) is 0 Å². The van der Waals surface area contributed by atoms with E-state index in [1.807, 2.05) is 59.5 Å². The molecule has 1 saturated carbocycles. The molecule has 0 bridgehead atoms. The highest BCUT2D eigenvalue weighted by Crippen LogP contribution is 2.32. The van der Waals surface area contributed by atoms with E-state index in [1.165, 1.54) is 32.1 Å². The maximum absolute atomic E-state index is 13.0. The molecule has 0 saturated heterocycles. The molecule has 0 aromatic heterocycles. The van der Waals surface area contributed by atoms with Crippen molar-refractivity contribution in [2.75, 3.05) is 11.4 Å². The Hall–Kier alpha value is -2.95. The number of amides is 2. The second kappa shape index (κ2) is 9.03. The molecular weight excluding hydrogens is 362 g/mol. The van der Waals surface area contributed by atoms with Gasteiger partial charge in [0.2, 0.25) is 5.91 Å². The van der Waals surface area contributed by atoms with Crippen LogP contribution in [-0.2, 0) is 16.0 Å². The zero-order valence-electron chi connectivity index (χ0n) is 16.6. The van der Waals surface area contributed by atoms with Gasteiger partial charge in [0.25, 0.3) is 5.91 Å². The number of benzene rings is 2. The number of hydrazone groups is 1. The van der Waals surface area contributed by atoms with Crippen molar-refractivity contribution < 1.29 is 9.59 Å². The molecule has 2 amide bonds. The van der Waals surface area contributed by atoms with Crippen LogP contribution in [-0.4, -0.2) is 24.1 Å². The topological polar surface area (TPSA) is 61.8 Å². The number of anilines is 1. The molecule has 0 atom stereocenters. The molecule has 0 spiro atoms. The van der Waals surface area contributed by atoms with E-state index in [2.05, 4.69) is 10.5 Å². The third-order valence-corrected chi connectivity index (χ3v) is 5.88. The third kappa shape index (κ3) is 4.56. The Labute approximate surface area is 171 Å². The van der Waals surface area contributed by atoms with Crippen molar-refractivity contribution in [1.82, 2.24) is 5.43 Å². The first-order chi connectivity index (χ1) is 14.2. The zero-order valence-corrected chi connectivity index (χ0v) is 16.6. The second-order valence-corrected chi connectivity index (χ2v) is 7.92. The summed E-state index contributed by atoms with van der Waals surface area (Å²) in [4.78, 5) is 27.1. The third-order valence-electron chi connectivity index (χ3n) is 5.88. The van der Waals surface area contributed by atoms with Gasteiger partial charge in [-0.2, -0.15) is 5.10 Å². The number of fused-ring (bicyclic) bond motifs is 1. The molecule has 29 heavy (non-hydrogen) atoms. The lowest BCUT2D eigenvalue weighted by Crippen LogP contribution is -2.33. The minimum Gasteiger partial charge on any atom is -0.306 e. The molecule has 1 aliphatic carbocycles. The molecule has 0 radical (unpaired) electrons. The van der Waals surface area contributed by atoms with Crippen molar-refractivity contribution >= 4 is 23.2 Å². The van der Waals surface area contributed by atoms with Gasteiger partial charge < -0.3 is 4.90 Å². The van der Waals surface area contributed by atoms with E-state index >= 15 is 0 Å². The monoisotopic (exact) mass is 389 g/mol. The largest absolute Gasteiger partial charge is 0.306 e. The summed E-state index contributed by atoms with van der Waals surface area (Å²) in [5, 5.41) is 4.21. The summed E-state index contributed by atoms with van der Waals surface area (Å²) < 4.78 is 0. The molecular formula is C24H27N3O2. The van der Waals surface area contributed by atoms with Crippen molar-refractivity contribution in [2.24, 2.45) is 11.0 Å². The summed E-state index contributed by atoms with van der Waals surface area (Å²) in [5.41, 5.74) is 5.50. The van der Waals surface area contributed by atoms with Crippen molar-refractivity contribution in [3.05, 3.63) is 65.7 Å². The van der Waals surface area contributed by atoms with E-state index in [1.54, 1.807) is 0 Å². The van der Waals surface area contributed by atoms with Crippen molar-refractivity contribution in [1.29, 1.82) is 0 Å². The summed E-state index contributed by atoms with van der Waals surface area (Å²) in [6.45, 7) is 0.706. The molecule has 5 nitrogen and oxygen atoms in total. The van der Waals surface area contributed by atoms with Gasteiger partial charge in [0.15, 0.2) is 5.71 Å². The maximum atomic E-state index is 13.0. The Morgan fingerprint density at radius 2 is 1.72 bits per heavy atom.